The van der Waals surface area contributed by atoms with Crippen molar-refractivity contribution in [3.05, 3.63) is 12.2 Å². The van der Waals surface area contributed by atoms with Crippen LogP contribution in [0.25, 0.3) is 0 Å². The van der Waals surface area contributed by atoms with Crippen molar-refractivity contribution in [3.63, 3.8) is 0 Å². The first kappa shape index (κ1) is 13.7. The largest absolute Gasteiger partial charge is 0.304 e. The van der Waals surface area contributed by atoms with Gasteiger partial charge in [0, 0.05) is 6.04 Å². The van der Waals surface area contributed by atoms with Gasteiger partial charge in [0.05, 0.1) is 0 Å². The van der Waals surface area contributed by atoms with Crippen molar-refractivity contribution in [1.82, 2.24) is 4.90 Å². The Bertz CT molecular complexity index is 147. The lowest BCUT2D eigenvalue weighted by Crippen LogP contribution is -2.27. The number of hydrogen-bond donors (Lipinski definition) is 0. The molecule has 0 aromatic rings. The summed E-state index contributed by atoms with van der Waals surface area (Å²) in [5, 5.41) is 0. The van der Waals surface area contributed by atoms with Crippen LogP contribution in [-0.4, -0.2) is 24.5 Å². The van der Waals surface area contributed by atoms with E-state index in [-0.39, 0.29) is 0 Å². The Balaban J connectivity index is 3.33. The second-order valence-corrected chi connectivity index (χ2v) is 4.82. The summed E-state index contributed by atoms with van der Waals surface area (Å²) in [4.78, 5) is 2.40. The topological polar surface area (TPSA) is 3.24 Å². The van der Waals surface area contributed by atoms with E-state index in [4.69, 9.17) is 0 Å². The highest BCUT2D eigenvalue weighted by molar-refractivity contribution is 4.82. The van der Waals surface area contributed by atoms with Gasteiger partial charge in [0.15, 0.2) is 0 Å². The van der Waals surface area contributed by atoms with Crippen LogP contribution in [0.15, 0.2) is 12.2 Å². The van der Waals surface area contributed by atoms with E-state index in [0.717, 1.165) is 5.92 Å². The first-order valence-electron chi connectivity index (χ1n) is 5.89. The first-order valence-corrected chi connectivity index (χ1v) is 5.89. The van der Waals surface area contributed by atoms with Crippen LogP contribution in [0, 0.1) is 5.92 Å². The minimum Gasteiger partial charge on any atom is -0.304 e. The van der Waals surface area contributed by atoms with E-state index in [1.807, 2.05) is 0 Å². The average molecular weight is 197 g/mol. The molecule has 1 heteroatoms. The van der Waals surface area contributed by atoms with Gasteiger partial charge in [-0.15, -0.1) is 0 Å². The Morgan fingerprint density at radius 1 is 1.07 bits per heavy atom. The van der Waals surface area contributed by atoms with Crippen LogP contribution < -0.4 is 0 Å². The zero-order valence-electron chi connectivity index (χ0n) is 10.6. The maximum atomic E-state index is 2.40. The molecule has 1 nitrogen and oxygen atoms in total. The van der Waals surface area contributed by atoms with Gasteiger partial charge >= 0.3 is 0 Å². The molecule has 0 aliphatic carbocycles. The van der Waals surface area contributed by atoms with Gasteiger partial charge in [-0.1, -0.05) is 26.0 Å². The van der Waals surface area contributed by atoms with Crippen molar-refractivity contribution in [3.8, 4) is 0 Å². The van der Waals surface area contributed by atoms with Crippen LogP contribution >= 0.6 is 0 Å². The van der Waals surface area contributed by atoms with E-state index in [1.165, 1.54) is 25.8 Å². The summed E-state index contributed by atoms with van der Waals surface area (Å²) >= 11 is 0. The molecule has 0 N–H and O–H groups in total. The molecule has 0 spiro atoms. The second kappa shape index (κ2) is 8.05. The van der Waals surface area contributed by atoms with Crippen molar-refractivity contribution >= 4 is 0 Å². The van der Waals surface area contributed by atoms with Crippen LogP contribution in [0.2, 0.25) is 0 Å². The lowest BCUT2D eigenvalue weighted by Gasteiger charge is -2.20. The summed E-state index contributed by atoms with van der Waals surface area (Å²) in [5.41, 5.74) is 0. The fourth-order valence-corrected chi connectivity index (χ4v) is 1.20. The van der Waals surface area contributed by atoms with E-state index >= 15 is 0 Å². The monoisotopic (exact) mass is 197 g/mol. The number of allylic oxidation sites excluding steroid dienone is 2. The maximum Gasteiger partial charge on any atom is 0.00355 e. The molecule has 0 saturated heterocycles. The van der Waals surface area contributed by atoms with Gasteiger partial charge in [0.1, 0.15) is 0 Å². The van der Waals surface area contributed by atoms with Crippen LogP contribution in [0.5, 0.6) is 0 Å². The van der Waals surface area contributed by atoms with Crippen LogP contribution in [0.4, 0.5) is 0 Å². The molecule has 0 radical (unpaired) electrons. The van der Waals surface area contributed by atoms with Gasteiger partial charge in [-0.3, -0.25) is 0 Å². The molecule has 0 fully saturated rings. The highest BCUT2D eigenvalue weighted by Crippen LogP contribution is 2.03. The lowest BCUT2D eigenvalue weighted by atomic mass is 10.1. The van der Waals surface area contributed by atoms with Gasteiger partial charge in [-0.25, -0.2) is 0 Å². The molecule has 84 valence electrons. The summed E-state index contributed by atoms with van der Waals surface area (Å²) in [6.45, 7) is 10.2. The quantitative estimate of drug-likeness (QED) is 0.444. The minimum absolute atomic E-state index is 0.676. The van der Waals surface area contributed by atoms with Crippen LogP contribution in [0.3, 0.4) is 0 Å². The summed E-state index contributed by atoms with van der Waals surface area (Å²) < 4.78 is 0. The molecule has 0 aromatic heterocycles. The number of unbranched alkanes of at least 4 members (excludes halogenated alkanes) is 1. The molecule has 0 rings (SSSR count). The van der Waals surface area contributed by atoms with Gasteiger partial charge in [0.2, 0.25) is 0 Å². The Morgan fingerprint density at radius 3 is 2.21 bits per heavy atom. The molecule has 0 saturated carbocycles. The fourth-order valence-electron chi connectivity index (χ4n) is 1.20. The normalized spacial score (nSPS) is 12.6. The molecule has 0 aliphatic heterocycles. The molecule has 0 bridgehead atoms. The average Bonchev–Trinajstić information content (AvgIpc) is 2.09. The third-order valence-corrected chi connectivity index (χ3v) is 2.54. The number of hydrogen-bond acceptors (Lipinski definition) is 1. The van der Waals surface area contributed by atoms with Gasteiger partial charge in [0.25, 0.3) is 0 Å². The maximum absolute atomic E-state index is 2.40. The lowest BCUT2D eigenvalue weighted by molar-refractivity contribution is 0.271. The van der Waals surface area contributed by atoms with E-state index in [1.54, 1.807) is 0 Å². The van der Waals surface area contributed by atoms with Crippen molar-refractivity contribution < 1.29 is 0 Å². The Kier molecular flexibility index (Phi) is 7.87. The Hall–Kier alpha value is -0.300. The molecular weight excluding hydrogens is 170 g/mol. The van der Waals surface area contributed by atoms with Crippen molar-refractivity contribution in [2.45, 2.75) is 53.0 Å². The zero-order valence-corrected chi connectivity index (χ0v) is 10.6. The molecular formula is C13H27N. The minimum atomic E-state index is 0.676. The molecule has 0 heterocycles. The third kappa shape index (κ3) is 8.31. The smallest absolute Gasteiger partial charge is 0.00355 e. The van der Waals surface area contributed by atoms with Crippen molar-refractivity contribution in [2.24, 2.45) is 5.92 Å². The molecule has 14 heavy (non-hydrogen) atoms. The first-order chi connectivity index (χ1) is 6.54. The predicted octanol–water partition coefficient (Wildman–Crippen LogP) is 3.71. The molecule has 0 atom stereocenters. The second-order valence-electron chi connectivity index (χ2n) is 4.82. The van der Waals surface area contributed by atoms with E-state index in [2.05, 4.69) is 51.8 Å². The van der Waals surface area contributed by atoms with Crippen molar-refractivity contribution in [1.29, 1.82) is 0 Å². The molecule has 0 aromatic carbocycles. The highest BCUT2D eigenvalue weighted by atomic mass is 15.1. The van der Waals surface area contributed by atoms with Gasteiger partial charge in [-0.05, 0) is 52.6 Å². The summed E-state index contributed by atoms with van der Waals surface area (Å²) in [6.07, 6.45) is 8.38. The number of rotatable bonds is 7. The predicted molar refractivity (Wildman–Crippen MR) is 65.6 cm³/mol. The van der Waals surface area contributed by atoms with E-state index < -0.39 is 0 Å². The van der Waals surface area contributed by atoms with E-state index in [9.17, 15) is 0 Å². The van der Waals surface area contributed by atoms with Gasteiger partial charge < -0.3 is 4.90 Å². The van der Waals surface area contributed by atoms with Crippen molar-refractivity contribution in [2.75, 3.05) is 13.6 Å². The SMILES string of the molecule is CC(C)C/C=C\CCCN(C)C(C)C. The Morgan fingerprint density at radius 2 is 1.71 bits per heavy atom. The molecule has 0 unspecified atom stereocenters. The molecule has 0 amide bonds. The summed E-state index contributed by atoms with van der Waals surface area (Å²) in [5.74, 6) is 0.796. The third-order valence-electron chi connectivity index (χ3n) is 2.54. The van der Waals surface area contributed by atoms with Gasteiger partial charge in [-0.2, -0.15) is 0 Å². The standard InChI is InChI=1S/C13H27N/c1-12(2)10-8-6-7-9-11-14(5)13(3)4/h6,8,12-13H,7,9-11H2,1-5H3/b8-6-. The molecule has 0 aliphatic rings. The van der Waals surface area contributed by atoms with Crippen LogP contribution in [-0.2, 0) is 0 Å². The fraction of sp³-hybridized carbons (Fsp3) is 0.846. The van der Waals surface area contributed by atoms with E-state index in [0.29, 0.717) is 6.04 Å². The highest BCUT2D eigenvalue weighted by Gasteiger charge is 2.00. The van der Waals surface area contributed by atoms with Crippen LogP contribution in [0.1, 0.15) is 47.0 Å². The zero-order chi connectivity index (χ0) is 11.0. The Labute approximate surface area is 90.2 Å². The number of nitrogens with zero attached hydrogens (tertiary/aromatic N) is 1. The summed E-state index contributed by atoms with van der Waals surface area (Å²) in [7, 11) is 2.20. The summed E-state index contributed by atoms with van der Waals surface area (Å²) in [6, 6.07) is 0.676.